The summed E-state index contributed by atoms with van der Waals surface area (Å²) in [7, 11) is 0. The van der Waals surface area contributed by atoms with Crippen LogP contribution in [0.1, 0.15) is 16.7 Å². The molecule has 257 valence electrons. The van der Waals surface area contributed by atoms with E-state index < -0.39 is 0 Å². The summed E-state index contributed by atoms with van der Waals surface area (Å²) in [5, 5.41) is 2.42. The summed E-state index contributed by atoms with van der Waals surface area (Å²) in [4.78, 5) is 9.41. The monoisotopic (exact) mass is 989 g/mol. The van der Waals surface area contributed by atoms with Crippen molar-refractivity contribution in [1.29, 1.82) is 0 Å². The predicted octanol–water partition coefficient (Wildman–Crippen LogP) is 5.29. The molecule has 2 aliphatic heterocycles. The molecule has 0 amide bonds. The number of fused-ring (bicyclic) bond motifs is 5. The Labute approximate surface area is 338 Å². The standard InChI is InChI=1S/C27H15BNSe2.C20H18N.Ir/c1-2-8-18-16-29-22(15-17(18)7-1)19-13-14-25-26-27(19)31-24-12-6-4-10-21(24)28(26)20-9-3-5-11-23(20)30-25;1-14-9-10-18(20-11-15(2)16(3)13-21-20)12-19(14)17-7-5-4-6-8-17;/h1-12,14-16H;4-9,11-13H,1-3H3;/q2*-1;. The first-order chi connectivity index (χ1) is 25.5. The molecule has 0 aliphatic carbocycles. The summed E-state index contributed by atoms with van der Waals surface area (Å²) in [5.74, 6) is 0. The topological polar surface area (TPSA) is 25.8 Å². The van der Waals surface area contributed by atoms with Crippen molar-refractivity contribution in [3.8, 4) is 33.6 Å². The van der Waals surface area contributed by atoms with Gasteiger partial charge in [0.2, 0.25) is 0 Å². The van der Waals surface area contributed by atoms with Gasteiger partial charge in [-0.2, -0.15) is 0 Å². The van der Waals surface area contributed by atoms with E-state index in [-0.39, 0.29) is 35.1 Å². The summed E-state index contributed by atoms with van der Waals surface area (Å²) < 4.78 is 5.97. The fourth-order valence-electron chi connectivity index (χ4n) is 7.14. The van der Waals surface area contributed by atoms with Gasteiger partial charge in [0.1, 0.15) is 0 Å². The molecule has 0 N–H and O–H groups in total. The number of aromatic nitrogens is 2. The number of nitrogens with zero attached hydrogens (tertiary/aromatic N) is 2. The van der Waals surface area contributed by atoms with Crippen molar-refractivity contribution in [2.45, 2.75) is 20.8 Å². The molecule has 6 aromatic carbocycles. The van der Waals surface area contributed by atoms with E-state index in [1.54, 1.807) is 5.46 Å². The van der Waals surface area contributed by atoms with Gasteiger partial charge in [0.15, 0.2) is 0 Å². The van der Waals surface area contributed by atoms with Gasteiger partial charge in [-0.3, -0.25) is 0 Å². The molecule has 0 saturated heterocycles. The fourth-order valence-corrected chi connectivity index (χ4v) is 12.5. The fraction of sp³-hybridized carbons (Fsp3) is 0.0638. The van der Waals surface area contributed by atoms with Crippen LogP contribution in [-0.4, -0.2) is 46.6 Å². The van der Waals surface area contributed by atoms with Gasteiger partial charge in [0.25, 0.3) is 0 Å². The first kappa shape index (κ1) is 35.7. The van der Waals surface area contributed by atoms with Crippen molar-refractivity contribution in [2.24, 2.45) is 0 Å². The summed E-state index contributed by atoms with van der Waals surface area (Å²) in [5.41, 5.74) is 15.0. The van der Waals surface area contributed by atoms with E-state index >= 15 is 0 Å². The molecule has 10 rings (SSSR count). The molecule has 0 fully saturated rings. The zero-order valence-corrected chi connectivity index (χ0v) is 35.3. The molecule has 4 heterocycles. The van der Waals surface area contributed by atoms with Gasteiger partial charge in [-0.05, 0) is 30.7 Å². The summed E-state index contributed by atoms with van der Waals surface area (Å²) in [6, 6.07) is 54.9. The average molecular weight is 987 g/mol. The van der Waals surface area contributed by atoms with Crippen LogP contribution in [0.4, 0.5) is 0 Å². The second kappa shape index (κ2) is 15.2. The van der Waals surface area contributed by atoms with Crippen molar-refractivity contribution in [3.05, 3.63) is 175 Å². The van der Waals surface area contributed by atoms with Gasteiger partial charge in [0, 0.05) is 26.3 Å². The molecule has 0 bridgehead atoms. The van der Waals surface area contributed by atoms with Crippen LogP contribution >= 0.6 is 0 Å². The van der Waals surface area contributed by atoms with Crippen LogP contribution in [0.2, 0.25) is 0 Å². The molecule has 53 heavy (non-hydrogen) atoms. The molecule has 2 nitrogen and oxygen atoms in total. The maximum absolute atomic E-state index is 4.87. The average Bonchev–Trinajstić information content (AvgIpc) is 3.19. The van der Waals surface area contributed by atoms with Crippen molar-refractivity contribution in [3.63, 3.8) is 0 Å². The molecule has 2 aromatic heterocycles. The number of rotatable bonds is 3. The third-order valence-corrected chi connectivity index (χ3v) is 15.0. The third kappa shape index (κ3) is 6.82. The van der Waals surface area contributed by atoms with Crippen LogP contribution in [0.25, 0.3) is 44.4 Å². The molecule has 0 unspecified atom stereocenters. The van der Waals surface area contributed by atoms with E-state index in [1.165, 1.54) is 72.9 Å². The van der Waals surface area contributed by atoms with Gasteiger partial charge in [-0.15, -0.1) is 29.3 Å². The zero-order valence-electron chi connectivity index (χ0n) is 29.5. The van der Waals surface area contributed by atoms with Crippen LogP contribution in [0.5, 0.6) is 0 Å². The van der Waals surface area contributed by atoms with Gasteiger partial charge in [-0.1, -0.05) is 54.4 Å². The Morgan fingerprint density at radius 1 is 0.547 bits per heavy atom. The molecule has 2 aliphatic rings. The number of hydrogen-bond donors (Lipinski definition) is 0. The van der Waals surface area contributed by atoms with Crippen LogP contribution in [0.3, 0.4) is 0 Å². The maximum atomic E-state index is 4.87. The molecular formula is C47H33BIrN2Se2-2. The van der Waals surface area contributed by atoms with Gasteiger partial charge >= 0.3 is 195 Å². The number of pyridine rings is 2. The van der Waals surface area contributed by atoms with E-state index in [4.69, 9.17) is 4.98 Å². The van der Waals surface area contributed by atoms with Crippen molar-refractivity contribution in [2.75, 3.05) is 0 Å². The minimum absolute atomic E-state index is 0. The van der Waals surface area contributed by atoms with E-state index in [2.05, 4.69) is 165 Å². The third-order valence-electron chi connectivity index (χ3n) is 10.0. The number of aryl methyl sites for hydroxylation is 3. The zero-order chi connectivity index (χ0) is 35.2. The molecule has 0 atom stereocenters. The Kier molecular flexibility index (Phi) is 10.2. The van der Waals surface area contributed by atoms with Crippen molar-refractivity contribution in [1.82, 2.24) is 9.97 Å². The Bertz CT molecular complexity index is 2630. The van der Waals surface area contributed by atoms with Crippen LogP contribution in [0.15, 0.2) is 146 Å². The van der Waals surface area contributed by atoms with E-state index in [9.17, 15) is 0 Å². The van der Waals surface area contributed by atoms with Crippen LogP contribution in [0, 0.1) is 32.9 Å². The van der Waals surface area contributed by atoms with Crippen LogP contribution < -0.4 is 34.2 Å². The van der Waals surface area contributed by atoms with Crippen LogP contribution in [-0.2, 0) is 20.1 Å². The molecular weight excluding hydrogens is 953 g/mol. The SMILES string of the molecule is Cc1cnc(-c2[c-]cc(C)c(-c3ccccc3)c2)cc1C.[Ir].[c-]1cc2c3c(c1-c1cc4ccccc4cn1)[Se]c1ccccc1B3c1ccccc1[Se]2. The predicted molar refractivity (Wildman–Crippen MR) is 222 cm³/mol. The molecule has 0 spiro atoms. The van der Waals surface area contributed by atoms with Crippen molar-refractivity contribution >= 4 is 81.6 Å². The molecule has 1 radical (unpaired) electrons. The van der Waals surface area contributed by atoms with Crippen molar-refractivity contribution < 1.29 is 20.1 Å². The Morgan fingerprint density at radius 2 is 1.21 bits per heavy atom. The Balaban J connectivity index is 0.000000160. The quantitative estimate of drug-likeness (QED) is 0.178. The van der Waals surface area contributed by atoms with Gasteiger partial charge in [0.05, 0.1) is 0 Å². The second-order valence-electron chi connectivity index (χ2n) is 13.4. The van der Waals surface area contributed by atoms with Gasteiger partial charge in [-0.25, -0.2) is 0 Å². The summed E-state index contributed by atoms with van der Waals surface area (Å²) >= 11 is 0.575. The van der Waals surface area contributed by atoms with E-state index in [1.807, 2.05) is 18.5 Å². The second-order valence-corrected chi connectivity index (χ2v) is 17.8. The first-order valence-electron chi connectivity index (χ1n) is 17.5. The van der Waals surface area contributed by atoms with E-state index in [0.717, 1.165) is 17.0 Å². The van der Waals surface area contributed by atoms with Gasteiger partial charge < -0.3 is 4.98 Å². The normalized spacial score (nSPS) is 12.1. The minimum atomic E-state index is 0. The number of benzene rings is 6. The Hall–Kier alpha value is -4.37. The molecule has 8 aromatic rings. The molecule has 0 saturated carbocycles. The summed E-state index contributed by atoms with van der Waals surface area (Å²) in [6.07, 6.45) is 3.94. The summed E-state index contributed by atoms with van der Waals surface area (Å²) in [6.45, 7) is 6.65. The molecule has 6 heteroatoms. The first-order valence-corrected chi connectivity index (χ1v) is 20.9. The number of hydrogen-bond acceptors (Lipinski definition) is 2. The Morgan fingerprint density at radius 3 is 1.96 bits per heavy atom. The van der Waals surface area contributed by atoms with E-state index in [0.29, 0.717) is 21.7 Å².